The molecule has 0 saturated carbocycles. The van der Waals surface area contributed by atoms with Gasteiger partial charge in [0.05, 0.1) is 6.10 Å². The summed E-state index contributed by atoms with van der Waals surface area (Å²) in [6.45, 7) is 8.28. The van der Waals surface area contributed by atoms with Crippen molar-refractivity contribution < 1.29 is 5.11 Å². The van der Waals surface area contributed by atoms with Gasteiger partial charge in [0.15, 0.2) is 0 Å². The minimum atomic E-state index is -0.148. The van der Waals surface area contributed by atoms with Crippen molar-refractivity contribution in [1.29, 1.82) is 0 Å². The van der Waals surface area contributed by atoms with Crippen LogP contribution in [0.15, 0.2) is 12.2 Å². The quantitative estimate of drug-likeness (QED) is 0.451. The van der Waals surface area contributed by atoms with Gasteiger partial charge in [-0.15, -0.1) is 0 Å². The molecule has 0 aliphatic carbocycles. The van der Waals surface area contributed by atoms with Gasteiger partial charge in [0.25, 0.3) is 0 Å². The number of rotatable bonds is 8. The Morgan fingerprint density at radius 3 is 2.46 bits per heavy atom. The molecule has 1 N–H and O–H groups in total. The second-order valence-electron chi connectivity index (χ2n) is 3.85. The molecule has 0 bridgehead atoms. The topological polar surface area (TPSA) is 20.2 Å². The van der Waals surface area contributed by atoms with Crippen LogP contribution in [-0.4, -0.2) is 11.2 Å². The monoisotopic (exact) mass is 184 g/mol. The van der Waals surface area contributed by atoms with Crippen LogP contribution in [0, 0.1) is 0 Å². The molecule has 0 heterocycles. The van der Waals surface area contributed by atoms with E-state index in [9.17, 15) is 5.11 Å². The molecule has 0 fully saturated rings. The smallest absolute Gasteiger partial charge is 0.0577 e. The fraction of sp³-hybridized carbons (Fsp3) is 0.833. The van der Waals surface area contributed by atoms with E-state index in [2.05, 4.69) is 20.4 Å². The van der Waals surface area contributed by atoms with Gasteiger partial charge in [-0.3, -0.25) is 0 Å². The summed E-state index contributed by atoms with van der Waals surface area (Å²) in [5.74, 6) is 0. The van der Waals surface area contributed by atoms with E-state index in [0.717, 1.165) is 32.1 Å². The van der Waals surface area contributed by atoms with Gasteiger partial charge in [0.1, 0.15) is 0 Å². The first-order valence-electron chi connectivity index (χ1n) is 5.55. The van der Waals surface area contributed by atoms with Crippen molar-refractivity contribution in [2.75, 3.05) is 0 Å². The fourth-order valence-electron chi connectivity index (χ4n) is 1.52. The lowest BCUT2D eigenvalue weighted by atomic mass is 10.0. The average molecular weight is 184 g/mol. The largest absolute Gasteiger partial charge is 0.393 e. The van der Waals surface area contributed by atoms with Crippen LogP contribution in [-0.2, 0) is 0 Å². The molecule has 78 valence electrons. The lowest BCUT2D eigenvalue weighted by Gasteiger charge is -2.11. The highest BCUT2D eigenvalue weighted by molar-refractivity contribution is 4.95. The Bertz CT molecular complexity index is 129. The molecule has 1 unspecified atom stereocenters. The molecule has 0 aromatic rings. The molecule has 0 saturated heterocycles. The Kier molecular flexibility index (Phi) is 8.11. The second kappa shape index (κ2) is 8.31. The predicted octanol–water partition coefficient (Wildman–Crippen LogP) is 3.67. The SMILES string of the molecule is C=C(CCC)CC(O)CCCCC. The third-order valence-corrected chi connectivity index (χ3v) is 2.27. The average Bonchev–Trinajstić information content (AvgIpc) is 2.05. The zero-order chi connectivity index (χ0) is 10.1. The summed E-state index contributed by atoms with van der Waals surface area (Å²) in [5.41, 5.74) is 1.20. The highest BCUT2D eigenvalue weighted by Crippen LogP contribution is 2.14. The molecule has 0 aromatic heterocycles. The van der Waals surface area contributed by atoms with Gasteiger partial charge in [-0.1, -0.05) is 51.7 Å². The molecule has 13 heavy (non-hydrogen) atoms. The molecule has 0 amide bonds. The van der Waals surface area contributed by atoms with Gasteiger partial charge in [-0.25, -0.2) is 0 Å². The number of aliphatic hydroxyl groups is 1. The van der Waals surface area contributed by atoms with Gasteiger partial charge < -0.3 is 5.11 Å². The van der Waals surface area contributed by atoms with Gasteiger partial charge in [0.2, 0.25) is 0 Å². The molecular weight excluding hydrogens is 160 g/mol. The van der Waals surface area contributed by atoms with Crippen LogP contribution in [0.2, 0.25) is 0 Å². The van der Waals surface area contributed by atoms with Crippen LogP contribution in [0.1, 0.15) is 58.8 Å². The minimum absolute atomic E-state index is 0.148. The third kappa shape index (κ3) is 8.04. The zero-order valence-electron chi connectivity index (χ0n) is 9.18. The van der Waals surface area contributed by atoms with Gasteiger partial charge in [-0.05, 0) is 19.3 Å². The maximum Gasteiger partial charge on any atom is 0.0577 e. The van der Waals surface area contributed by atoms with Crippen molar-refractivity contribution in [1.82, 2.24) is 0 Å². The van der Waals surface area contributed by atoms with Gasteiger partial charge in [-0.2, -0.15) is 0 Å². The molecule has 0 rings (SSSR count). The Morgan fingerprint density at radius 2 is 1.92 bits per heavy atom. The summed E-state index contributed by atoms with van der Waals surface area (Å²) in [6.07, 6.45) is 7.40. The lowest BCUT2D eigenvalue weighted by Crippen LogP contribution is -2.07. The summed E-state index contributed by atoms with van der Waals surface area (Å²) < 4.78 is 0. The van der Waals surface area contributed by atoms with E-state index in [1.165, 1.54) is 18.4 Å². The summed E-state index contributed by atoms with van der Waals surface area (Å²) >= 11 is 0. The first-order valence-corrected chi connectivity index (χ1v) is 5.55. The van der Waals surface area contributed by atoms with Crippen LogP contribution >= 0.6 is 0 Å². The summed E-state index contributed by atoms with van der Waals surface area (Å²) in [6, 6.07) is 0. The highest BCUT2D eigenvalue weighted by atomic mass is 16.3. The van der Waals surface area contributed by atoms with Gasteiger partial charge >= 0.3 is 0 Å². The van der Waals surface area contributed by atoms with E-state index in [-0.39, 0.29) is 6.10 Å². The highest BCUT2D eigenvalue weighted by Gasteiger charge is 2.04. The summed E-state index contributed by atoms with van der Waals surface area (Å²) in [7, 11) is 0. The van der Waals surface area contributed by atoms with E-state index in [4.69, 9.17) is 0 Å². The van der Waals surface area contributed by atoms with Crippen LogP contribution in [0.3, 0.4) is 0 Å². The standard InChI is InChI=1S/C12H24O/c1-4-6-7-9-12(13)10-11(3)8-5-2/h12-13H,3-10H2,1-2H3. The predicted molar refractivity (Wildman–Crippen MR) is 58.8 cm³/mol. The van der Waals surface area contributed by atoms with E-state index in [1.807, 2.05) is 0 Å². The van der Waals surface area contributed by atoms with Crippen molar-refractivity contribution in [2.45, 2.75) is 64.9 Å². The van der Waals surface area contributed by atoms with E-state index < -0.39 is 0 Å². The van der Waals surface area contributed by atoms with Crippen molar-refractivity contribution in [3.05, 3.63) is 12.2 Å². The molecule has 0 radical (unpaired) electrons. The first kappa shape index (κ1) is 12.7. The molecule has 1 heteroatoms. The van der Waals surface area contributed by atoms with Crippen LogP contribution in [0.5, 0.6) is 0 Å². The summed E-state index contributed by atoms with van der Waals surface area (Å²) in [5, 5.41) is 9.61. The Hall–Kier alpha value is -0.300. The molecule has 1 atom stereocenters. The van der Waals surface area contributed by atoms with E-state index in [0.29, 0.717) is 0 Å². The van der Waals surface area contributed by atoms with E-state index >= 15 is 0 Å². The fourth-order valence-corrected chi connectivity index (χ4v) is 1.52. The van der Waals surface area contributed by atoms with Crippen molar-refractivity contribution >= 4 is 0 Å². The van der Waals surface area contributed by atoms with Crippen molar-refractivity contribution in [3.63, 3.8) is 0 Å². The first-order chi connectivity index (χ1) is 6.20. The number of unbranched alkanes of at least 4 members (excludes halogenated alkanes) is 2. The number of hydrogen-bond donors (Lipinski definition) is 1. The second-order valence-corrected chi connectivity index (χ2v) is 3.85. The lowest BCUT2D eigenvalue weighted by molar-refractivity contribution is 0.160. The molecule has 1 nitrogen and oxygen atoms in total. The summed E-state index contributed by atoms with van der Waals surface area (Å²) in [4.78, 5) is 0. The molecular formula is C12H24O. The Balaban J connectivity index is 3.38. The van der Waals surface area contributed by atoms with Crippen molar-refractivity contribution in [2.24, 2.45) is 0 Å². The van der Waals surface area contributed by atoms with Crippen molar-refractivity contribution in [3.8, 4) is 0 Å². The molecule has 0 aliphatic rings. The minimum Gasteiger partial charge on any atom is -0.393 e. The van der Waals surface area contributed by atoms with Crippen LogP contribution in [0.25, 0.3) is 0 Å². The molecule has 0 aliphatic heterocycles. The maximum absolute atomic E-state index is 9.61. The van der Waals surface area contributed by atoms with Gasteiger partial charge in [0, 0.05) is 0 Å². The zero-order valence-corrected chi connectivity index (χ0v) is 9.18. The van der Waals surface area contributed by atoms with Crippen LogP contribution < -0.4 is 0 Å². The number of hydrogen-bond acceptors (Lipinski definition) is 1. The third-order valence-electron chi connectivity index (χ3n) is 2.27. The van der Waals surface area contributed by atoms with Crippen LogP contribution in [0.4, 0.5) is 0 Å². The molecule has 0 aromatic carbocycles. The normalized spacial score (nSPS) is 12.8. The maximum atomic E-state index is 9.61. The molecule has 0 spiro atoms. The van der Waals surface area contributed by atoms with E-state index in [1.54, 1.807) is 0 Å². The Labute approximate surface area is 82.9 Å². The number of aliphatic hydroxyl groups excluding tert-OH is 1. The Morgan fingerprint density at radius 1 is 1.23 bits per heavy atom.